The number of nitrogens with zero attached hydrogens (tertiary/aromatic N) is 2. The number of rotatable bonds is 5. The van der Waals surface area contributed by atoms with Crippen LogP contribution in [0.4, 0.5) is 0 Å². The molecule has 0 aliphatic carbocycles. The van der Waals surface area contributed by atoms with Crippen molar-refractivity contribution in [1.82, 2.24) is 4.90 Å². The van der Waals surface area contributed by atoms with Gasteiger partial charge < -0.3 is 14.6 Å². The smallest absolute Gasteiger partial charge is 0.137 e. The SMILES string of the molecule is N#Cc1ccccc1OCCN1CCC[C@@H]1[C@@H]1COCC[C@H]1O. The minimum atomic E-state index is -0.255. The summed E-state index contributed by atoms with van der Waals surface area (Å²) in [5, 5.41) is 19.3. The average Bonchev–Trinajstić information content (AvgIpc) is 3.04. The van der Waals surface area contributed by atoms with E-state index in [0.717, 1.165) is 32.4 Å². The molecule has 2 saturated heterocycles. The average molecular weight is 316 g/mol. The Labute approximate surface area is 137 Å². The van der Waals surface area contributed by atoms with Crippen LogP contribution in [0.1, 0.15) is 24.8 Å². The Hall–Kier alpha value is -1.61. The summed E-state index contributed by atoms with van der Waals surface area (Å²) in [7, 11) is 0. The molecule has 0 aromatic heterocycles. The van der Waals surface area contributed by atoms with Gasteiger partial charge in [0.15, 0.2) is 0 Å². The van der Waals surface area contributed by atoms with Crippen molar-refractivity contribution in [3.05, 3.63) is 29.8 Å². The molecule has 0 saturated carbocycles. The first-order valence-corrected chi connectivity index (χ1v) is 8.41. The van der Waals surface area contributed by atoms with E-state index in [2.05, 4.69) is 11.0 Å². The fraction of sp³-hybridized carbons (Fsp3) is 0.611. The van der Waals surface area contributed by atoms with Gasteiger partial charge in [0.25, 0.3) is 0 Å². The van der Waals surface area contributed by atoms with Crippen molar-refractivity contribution < 1.29 is 14.6 Å². The molecule has 0 radical (unpaired) electrons. The van der Waals surface area contributed by atoms with Crippen molar-refractivity contribution in [2.75, 3.05) is 32.9 Å². The van der Waals surface area contributed by atoms with Gasteiger partial charge >= 0.3 is 0 Å². The van der Waals surface area contributed by atoms with E-state index in [0.29, 0.717) is 37.2 Å². The highest BCUT2D eigenvalue weighted by Crippen LogP contribution is 2.29. The Morgan fingerprint density at radius 3 is 3.04 bits per heavy atom. The second-order valence-electron chi connectivity index (χ2n) is 6.30. The minimum absolute atomic E-state index is 0.206. The van der Waals surface area contributed by atoms with Gasteiger partial charge in [-0.15, -0.1) is 0 Å². The summed E-state index contributed by atoms with van der Waals surface area (Å²) in [5.74, 6) is 0.851. The van der Waals surface area contributed by atoms with Crippen molar-refractivity contribution in [2.24, 2.45) is 5.92 Å². The Morgan fingerprint density at radius 2 is 2.22 bits per heavy atom. The first-order valence-electron chi connectivity index (χ1n) is 8.41. The Morgan fingerprint density at radius 1 is 1.35 bits per heavy atom. The molecule has 1 aromatic rings. The van der Waals surface area contributed by atoms with Crippen LogP contribution in [0.2, 0.25) is 0 Å². The van der Waals surface area contributed by atoms with E-state index in [-0.39, 0.29) is 12.0 Å². The summed E-state index contributed by atoms with van der Waals surface area (Å²) in [6.45, 7) is 3.72. The number of para-hydroxylation sites is 1. The molecule has 1 aromatic carbocycles. The van der Waals surface area contributed by atoms with Gasteiger partial charge in [-0.2, -0.15) is 5.26 Å². The van der Waals surface area contributed by atoms with E-state index in [9.17, 15) is 5.11 Å². The molecule has 5 heteroatoms. The molecule has 23 heavy (non-hydrogen) atoms. The Bertz CT molecular complexity index is 557. The minimum Gasteiger partial charge on any atom is -0.491 e. The monoisotopic (exact) mass is 316 g/mol. The second kappa shape index (κ2) is 7.78. The summed E-state index contributed by atoms with van der Waals surface area (Å²) in [6, 6.07) is 9.85. The van der Waals surface area contributed by atoms with E-state index in [4.69, 9.17) is 14.7 Å². The van der Waals surface area contributed by atoms with Crippen LogP contribution in [-0.4, -0.2) is 55.1 Å². The zero-order valence-corrected chi connectivity index (χ0v) is 13.4. The lowest BCUT2D eigenvalue weighted by molar-refractivity contribution is -0.0634. The summed E-state index contributed by atoms with van der Waals surface area (Å²) in [5.41, 5.74) is 0.571. The molecule has 3 atom stereocenters. The molecule has 3 rings (SSSR count). The van der Waals surface area contributed by atoms with Crippen LogP contribution in [0.25, 0.3) is 0 Å². The third kappa shape index (κ3) is 3.84. The largest absolute Gasteiger partial charge is 0.491 e. The van der Waals surface area contributed by atoms with Gasteiger partial charge in [0, 0.05) is 25.1 Å². The fourth-order valence-corrected chi connectivity index (χ4v) is 3.69. The lowest BCUT2D eigenvalue weighted by atomic mass is 9.89. The van der Waals surface area contributed by atoms with Crippen molar-refractivity contribution in [3.63, 3.8) is 0 Å². The zero-order chi connectivity index (χ0) is 16.1. The van der Waals surface area contributed by atoms with E-state index < -0.39 is 0 Å². The summed E-state index contributed by atoms with van der Waals surface area (Å²) >= 11 is 0. The van der Waals surface area contributed by atoms with Gasteiger partial charge in [-0.1, -0.05) is 12.1 Å². The molecule has 2 aliphatic rings. The van der Waals surface area contributed by atoms with Gasteiger partial charge in [0.2, 0.25) is 0 Å². The first kappa shape index (κ1) is 16.3. The summed E-state index contributed by atoms with van der Waals surface area (Å²) in [6.07, 6.45) is 2.75. The molecule has 2 fully saturated rings. The molecule has 0 bridgehead atoms. The van der Waals surface area contributed by atoms with Crippen LogP contribution < -0.4 is 4.74 Å². The maximum atomic E-state index is 10.2. The Balaban J connectivity index is 1.54. The Kier molecular flexibility index (Phi) is 5.50. The van der Waals surface area contributed by atoms with Crippen LogP contribution >= 0.6 is 0 Å². The quantitative estimate of drug-likeness (QED) is 0.897. The van der Waals surface area contributed by atoms with E-state index >= 15 is 0 Å². The highest BCUT2D eigenvalue weighted by Gasteiger charge is 2.37. The molecular weight excluding hydrogens is 292 g/mol. The molecule has 0 spiro atoms. The number of aliphatic hydroxyl groups excluding tert-OH is 1. The number of aliphatic hydroxyl groups is 1. The summed E-state index contributed by atoms with van der Waals surface area (Å²) in [4.78, 5) is 2.40. The third-order valence-electron chi connectivity index (χ3n) is 4.91. The van der Waals surface area contributed by atoms with Gasteiger partial charge in [0.05, 0.1) is 18.3 Å². The van der Waals surface area contributed by atoms with Crippen molar-refractivity contribution in [1.29, 1.82) is 5.26 Å². The molecule has 124 valence electrons. The molecule has 1 N–H and O–H groups in total. The maximum Gasteiger partial charge on any atom is 0.137 e. The van der Waals surface area contributed by atoms with Gasteiger partial charge in [-0.25, -0.2) is 0 Å². The number of likely N-dealkylation sites (tertiary alicyclic amines) is 1. The van der Waals surface area contributed by atoms with Crippen LogP contribution in [-0.2, 0) is 4.74 Å². The normalized spacial score (nSPS) is 28.4. The van der Waals surface area contributed by atoms with Crippen molar-refractivity contribution >= 4 is 0 Å². The predicted octanol–water partition coefficient (Wildman–Crippen LogP) is 1.80. The molecule has 2 aliphatic heterocycles. The van der Waals surface area contributed by atoms with E-state index in [1.807, 2.05) is 18.2 Å². The topological polar surface area (TPSA) is 65.7 Å². The lowest BCUT2D eigenvalue weighted by Gasteiger charge is -2.37. The van der Waals surface area contributed by atoms with Crippen LogP contribution in [0.3, 0.4) is 0 Å². The third-order valence-corrected chi connectivity index (χ3v) is 4.91. The fourth-order valence-electron chi connectivity index (χ4n) is 3.69. The molecule has 0 unspecified atom stereocenters. The highest BCUT2D eigenvalue weighted by atomic mass is 16.5. The maximum absolute atomic E-state index is 10.2. The number of hydrogen-bond donors (Lipinski definition) is 1. The zero-order valence-electron chi connectivity index (χ0n) is 13.4. The number of ether oxygens (including phenoxy) is 2. The number of benzene rings is 1. The van der Waals surface area contributed by atoms with Crippen molar-refractivity contribution in [2.45, 2.75) is 31.4 Å². The van der Waals surface area contributed by atoms with Gasteiger partial charge in [-0.05, 0) is 37.9 Å². The molecule has 5 nitrogen and oxygen atoms in total. The van der Waals surface area contributed by atoms with Crippen LogP contribution in [0.15, 0.2) is 24.3 Å². The number of hydrogen-bond acceptors (Lipinski definition) is 5. The molecule has 0 amide bonds. The highest BCUT2D eigenvalue weighted by molar-refractivity contribution is 5.42. The predicted molar refractivity (Wildman–Crippen MR) is 86.2 cm³/mol. The lowest BCUT2D eigenvalue weighted by Crippen LogP contribution is -2.47. The summed E-state index contributed by atoms with van der Waals surface area (Å²) < 4.78 is 11.4. The number of nitriles is 1. The standard InChI is InChI=1S/C18H24N2O3/c19-12-14-4-1-2-6-18(14)23-11-9-20-8-3-5-16(20)15-13-22-10-7-17(15)21/h1-2,4,6,15-17,21H,3,5,7-11,13H2/t15-,16+,17+/m0/s1. The van der Waals surface area contributed by atoms with Crippen LogP contribution in [0.5, 0.6) is 5.75 Å². The first-order chi connectivity index (χ1) is 11.3. The van der Waals surface area contributed by atoms with Crippen molar-refractivity contribution in [3.8, 4) is 11.8 Å². The van der Waals surface area contributed by atoms with E-state index in [1.165, 1.54) is 0 Å². The molecular formula is C18H24N2O3. The van der Waals surface area contributed by atoms with Gasteiger partial charge in [-0.3, -0.25) is 4.90 Å². The van der Waals surface area contributed by atoms with E-state index in [1.54, 1.807) is 6.07 Å². The van der Waals surface area contributed by atoms with Crippen LogP contribution in [0, 0.1) is 17.2 Å². The second-order valence-corrected chi connectivity index (χ2v) is 6.30. The van der Waals surface area contributed by atoms with Gasteiger partial charge in [0.1, 0.15) is 18.4 Å². The molecule has 2 heterocycles.